The van der Waals surface area contributed by atoms with Crippen LogP contribution in [0.1, 0.15) is 29.6 Å². The van der Waals surface area contributed by atoms with Crippen LogP contribution in [0.2, 0.25) is 0 Å². The first-order chi connectivity index (χ1) is 9.13. The first kappa shape index (κ1) is 14.1. The number of nitrogens with two attached hydrogens (primary N) is 1. The number of carbonyl (C=O) groups excluding carboxylic acids is 1. The van der Waals surface area contributed by atoms with Crippen LogP contribution < -0.4 is 11.1 Å². The second-order valence-corrected chi connectivity index (χ2v) is 5.78. The summed E-state index contributed by atoms with van der Waals surface area (Å²) in [6, 6.07) is 7.37. The van der Waals surface area contributed by atoms with Crippen molar-refractivity contribution in [1.82, 2.24) is 5.32 Å². The Bertz CT molecular complexity index is 504. The van der Waals surface area contributed by atoms with Crippen molar-refractivity contribution in [3.05, 3.63) is 33.4 Å². The van der Waals surface area contributed by atoms with Crippen LogP contribution in [0.4, 0.5) is 0 Å². The van der Waals surface area contributed by atoms with E-state index in [-0.39, 0.29) is 23.7 Å². The van der Waals surface area contributed by atoms with Crippen LogP contribution in [-0.2, 0) is 0 Å². The van der Waals surface area contributed by atoms with Crippen LogP contribution in [-0.4, -0.2) is 23.0 Å². The molecule has 2 atom stereocenters. The van der Waals surface area contributed by atoms with E-state index in [0.29, 0.717) is 5.56 Å². The van der Waals surface area contributed by atoms with Gasteiger partial charge in [-0.15, -0.1) is 0 Å². The van der Waals surface area contributed by atoms with Gasteiger partial charge in [0, 0.05) is 15.5 Å². The van der Waals surface area contributed by atoms with E-state index < -0.39 is 0 Å². The predicted octanol–water partition coefficient (Wildman–Crippen LogP) is 1.94. The van der Waals surface area contributed by atoms with Crippen molar-refractivity contribution < 1.29 is 10.0 Å². The molecule has 1 aliphatic carbocycles. The molecule has 1 fully saturated rings. The van der Waals surface area contributed by atoms with Gasteiger partial charge in [0.05, 0.1) is 5.56 Å². The van der Waals surface area contributed by atoms with Gasteiger partial charge in [0.25, 0.3) is 5.91 Å². The fraction of sp³-hybridized carbons (Fsp3) is 0.385. The van der Waals surface area contributed by atoms with E-state index in [0.717, 1.165) is 22.8 Å². The second-order valence-electron chi connectivity index (χ2n) is 4.62. The van der Waals surface area contributed by atoms with Gasteiger partial charge in [-0.25, -0.2) is 0 Å². The van der Waals surface area contributed by atoms with E-state index in [2.05, 4.69) is 33.1 Å². The fourth-order valence-electron chi connectivity index (χ4n) is 2.45. The van der Waals surface area contributed by atoms with Crippen LogP contribution >= 0.6 is 22.6 Å². The normalized spacial score (nSPS) is 23.3. The van der Waals surface area contributed by atoms with Gasteiger partial charge in [0.2, 0.25) is 0 Å². The summed E-state index contributed by atoms with van der Waals surface area (Å²) in [6.07, 6.45) is 2.67. The van der Waals surface area contributed by atoms with Crippen molar-refractivity contribution >= 4 is 34.3 Å². The number of halogens is 1. The standard InChI is InChI=1S/C13H16IN3O2/c14-10-6-2-1-4-8(10)13(18)16-11-7-3-5-9(11)12(15)17-19/h1-2,4,6,9,11,19H,3,5,7H2,(H2,15,17)(H,16,18). The number of carbonyl (C=O) groups is 1. The van der Waals surface area contributed by atoms with Gasteiger partial charge in [-0.1, -0.05) is 23.7 Å². The summed E-state index contributed by atoms with van der Waals surface area (Å²) in [5.41, 5.74) is 6.32. The SMILES string of the molecule is NC(=NO)C1CCCC1NC(=O)c1ccccc1I. The average Bonchev–Trinajstić information content (AvgIpc) is 2.86. The molecule has 2 rings (SSSR count). The zero-order valence-electron chi connectivity index (χ0n) is 10.3. The number of amidine groups is 1. The zero-order valence-corrected chi connectivity index (χ0v) is 12.5. The molecule has 1 aromatic carbocycles. The smallest absolute Gasteiger partial charge is 0.252 e. The molecule has 6 heteroatoms. The molecule has 1 aliphatic rings. The van der Waals surface area contributed by atoms with Gasteiger partial charge in [-0.2, -0.15) is 0 Å². The molecule has 19 heavy (non-hydrogen) atoms. The Morgan fingerprint density at radius 3 is 2.84 bits per heavy atom. The Balaban J connectivity index is 2.09. The van der Waals surface area contributed by atoms with Crippen LogP contribution in [0.25, 0.3) is 0 Å². The lowest BCUT2D eigenvalue weighted by atomic mass is 10.0. The topological polar surface area (TPSA) is 87.7 Å². The molecular formula is C13H16IN3O2. The summed E-state index contributed by atoms with van der Waals surface area (Å²) in [5, 5.41) is 14.8. The Morgan fingerprint density at radius 1 is 1.42 bits per heavy atom. The number of hydrogen-bond donors (Lipinski definition) is 3. The molecule has 0 radical (unpaired) electrons. The van der Waals surface area contributed by atoms with E-state index in [1.807, 2.05) is 18.2 Å². The van der Waals surface area contributed by atoms with Gasteiger partial charge in [-0.05, 0) is 47.6 Å². The minimum Gasteiger partial charge on any atom is -0.409 e. The summed E-state index contributed by atoms with van der Waals surface area (Å²) >= 11 is 2.14. The molecular weight excluding hydrogens is 357 g/mol. The van der Waals surface area contributed by atoms with Gasteiger partial charge < -0.3 is 16.3 Å². The van der Waals surface area contributed by atoms with Gasteiger partial charge >= 0.3 is 0 Å². The quantitative estimate of drug-likeness (QED) is 0.249. The number of oxime groups is 1. The van der Waals surface area contributed by atoms with Crippen molar-refractivity contribution in [2.45, 2.75) is 25.3 Å². The maximum atomic E-state index is 12.2. The number of nitrogens with zero attached hydrogens (tertiary/aromatic N) is 1. The van der Waals surface area contributed by atoms with Crippen molar-refractivity contribution in [2.24, 2.45) is 16.8 Å². The highest BCUT2D eigenvalue weighted by Crippen LogP contribution is 2.26. The third-order valence-electron chi connectivity index (χ3n) is 3.45. The van der Waals surface area contributed by atoms with Crippen molar-refractivity contribution in [1.29, 1.82) is 0 Å². The number of rotatable bonds is 3. The van der Waals surface area contributed by atoms with E-state index in [1.54, 1.807) is 6.07 Å². The zero-order chi connectivity index (χ0) is 13.8. The van der Waals surface area contributed by atoms with Gasteiger partial charge in [0.1, 0.15) is 5.84 Å². The first-order valence-corrected chi connectivity index (χ1v) is 7.24. The van der Waals surface area contributed by atoms with Gasteiger partial charge in [-0.3, -0.25) is 4.79 Å². The Morgan fingerprint density at radius 2 is 2.16 bits per heavy atom. The molecule has 0 spiro atoms. The highest BCUT2D eigenvalue weighted by molar-refractivity contribution is 14.1. The molecule has 0 saturated heterocycles. The number of hydrogen-bond acceptors (Lipinski definition) is 3. The Kier molecular flexibility index (Phi) is 4.62. The number of amides is 1. The molecule has 2 unspecified atom stereocenters. The molecule has 0 aliphatic heterocycles. The van der Waals surface area contributed by atoms with E-state index in [1.165, 1.54) is 0 Å². The Hall–Kier alpha value is -1.31. The minimum absolute atomic E-state index is 0.0561. The van der Waals surface area contributed by atoms with E-state index in [4.69, 9.17) is 10.9 Å². The van der Waals surface area contributed by atoms with Crippen molar-refractivity contribution in [2.75, 3.05) is 0 Å². The highest BCUT2D eigenvalue weighted by Gasteiger charge is 2.32. The minimum atomic E-state index is -0.104. The van der Waals surface area contributed by atoms with E-state index in [9.17, 15) is 4.79 Å². The predicted molar refractivity (Wildman–Crippen MR) is 81.2 cm³/mol. The largest absolute Gasteiger partial charge is 0.409 e. The molecule has 4 N–H and O–H groups in total. The van der Waals surface area contributed by atoms with Crippen LogP contribution in [0, 0.1) is 9.49 Å². The maximum Gasteiger partial charge on any atom is 0.252 e. The van der Waals surface area contributed by atoms with Crippen molar-refractivity contribution in [3.8, 4) is 0 Å². The average molecular weight is 373 g/mol. The molecule has 5 nitrogen and oxygen atoms in total. The molecule has 0 bridgehead atoms. The lowest BCUT2D eigenvalue weighted by molar-refractivity contribution is 0.0932. The highest BCUT2D eigenvalue weighted by atomic mass is 127. The summed E-state index contributed by atoms with van der Waals surface area (Å²) < 4.78 is 0.913. The lowest BCUT2D eigenvalue weighted by Gasteiger charge is -2.20. The summed E-state index contributed by atoms with van der Waals surface area (Å²) in [5.74, 6) is 0.0218. The summed E-state index contributed by atoms with van der Waals surface area (Å²) in [7, 11) is 0. The maximum absolute atomic E-state index is 12.2. The summed E-state index contributed by atoms with van der Waals surface area (Å²) in [6.45, 7) is 0. The lowest BCUT2D eigenvalue weighted by Crippen LogP contribution is -2.42. The third kappa shape index (κ3) is 3.17. The van der Waals surface area contributed by atoms with Crippen LogP contribution in [0.3, 0.4) is 0 Å². The molecule has 102 valence electrons. The first-order valence-electron chi connectivity index (χ1n) is 6.16. The van der Waals surface area contributed by atoms with E-state index >= 15 is 0 Å². The Labute approximate surface area is 125 Å². The monoisotopic (exact) mass is 373 g/mol. The van der Waals surface area contributed by atoms with Crippen LogP contribution in [0.15, 0.2) is 29.4 Å². The molecule has 1 amide bonds. The molecule has 0 heterocycles. The fourth-order valence-corrected chi connectivity index (χ4v) is 3.08. The molecule has 1 aromatic rings. The summed E-state index contributed by atoms with van der Waals surface area (Å²) in [4.78, 5) is 12.2. The number of nitrogens with one attached hydrogen (secondary N) is 1. The molecule has 0 aromatic heterocycles. The van der Waals surface area contributed by atoms with Crippen molar-refractivity contribution in [3.63, 3.8) is 0 Å². The third-order valence-corrected chi connectivity index (χ3v) is 4.39. The second kappa shape index (κ2) is 6.23. The number of benzene rings is 1. The van der Waals surface area contributed by atoms with Gasteiger partial charge in [0.15, 0.2) is 0 Å². The molecule has 1 saturated carbocycles. The van der Waals surface area contributed by atoms with Crippen LogP contribution in [0.5, 0.6) is 0 Å².